The fourth-order valence-corrected chi connectivity index (χ4v) is 3.17. The predicted molar refractivity (Wildman–Crippen MR) is 74.1 cm³/mol. The van der Waals surface area contributed by atoms with Gasteiger partial charge in [-0.1, -0.05) is 0 Å². The second kappa shape index (κ2) is 6.64. The Balaban J connectivity index is 1.90. The minimum Gasteiger partial charge on any atom is -0.464 e. The van der Waals surface area contributed by atoms with Crippen LogP contribution in [-0.2, 0) is 4.74 Å². The molecule has 0 saturated carbocycles. The first kappa shape index (κ1) is 13.2. The number of thioether (sulfide) groups is 1. The molecule has 0 aromatic carbocycles. The number of esters is 1. The van der Waals surface area contributed by atoms with Crippen molar-refractivity contribution in [3.63, 3.8) is 0 Å². The van der Waals surface area contributed by atoms with Gasteiger partial charge >= 0.3 is 5.97 Å². The summed E-state index contributed by atoms with van der Waals surface area (Å²) in [7, 11) is 1.36. The van der Waals surface area contributed by atoms with E-state index in [0.717, 1.165) is 18.2 Å². The van der Waals surface area contributed by atoms with E-state index in [4.69, 9.17) is 0 Å². The van der Waals surface area contributed by atoms with E-state index in [1.165, 1.54) is 31.5 Å². The average Bonchev–Trinajstić information content (AvgIpc) is 2.45. The number of ether oxygens (including phenoxy) is 1. The minimum absolute atomic E-state index is 0.349. The lowest BCUT2D eigenvalue weighted by Gasteiger charge is -2.22. The molecule has 1 N–H and O–H groups in total. The maximum Gasteiger partial charge on any atom is 0.356 e. The molecule has 0 bridgehead atoms. The second-order valence-electron chi connectivity index (χ2n) is 4.36. The zero-order valence-corrected chi connectivity index (χ0v) is 11.3. The van der Waals surface area contributed by atoms with E-state index in [-0.39, 0.29) is 0 Å². The summed E-state index contributed by atoms with van der Waals surface area (Å²) in [5.74, 6) is 2.86. The maximum atomic E-state index is 11.4. The van der Waals surface area contributed by atoms with Crippen LogP contribution < -0.4 is 5.32 Å². The molecular weight excluding hydrogens is 248 g/mol. The van der Waals surface area contributed by atoms with Crippen LogP contribution in [0.15, 0.2) is 18.3 Å². The van der Waals surface area contributed by atoms with Crippen LogP contribution in [0.5, 0.6) is 0 Å². The molecular formula is C13H18N2O2S. The summed E-state index contributed by atoms with van der Waals surface area (Å²) in [6.45, 7) is 0.963. The molecule has 1 aromatic heterocycles. The highest BCUT2D eigenvalue weighted by Crippen LogP contribution is 2.23. The van der Waals surface area contributed by atoms with Gasteiger partial charge < -0.3 is 10.1 Å². The number of pyridine rings is 1. The molecule has 0 spiro atoms. The lowest BCUT2D eigenvalue weighted by Crippen LogP contribution is -2.19. The van der Waals surface area contributed by atoms with E-state index in [9.17, 15) is 4.79 Å². The van der Waals surface area contributed by atoms with Crippen LogP contribution in [0.4, 0.5) is 5.69 Å². The number of aromatic nitrogens is 1. The lowest BCUT2D eigenvalue weighted by atomic mass is 10.0. The van der Waals surface area contributed by atoms with Gasteiger partial charge in [0.1, 0.15) is 5.69 Å². The Labute approximate surface area is 112 Å². The number of hydrogen-bond donors (Lipinski definition) is 1. The van der Waals surface area contributed by atoms with Crippen molar-refractivity contribution in [1.29, 1.82) is 0 Å². The van der Waals surface area contributed by atoms with E-state index in [1.54, 1.807) is 12.3 Å². The van der Waals surface area contributed by atoms with E-state index in [0.29, 0.717) is 5.69 Å². The lowest BCUT2D eigenvalue weighted by molar-refractivity contribution is 0.0594. The first-order chi connectivity index (χ1) is 8.79. The van der Waals surface area contributed by atoms with E-state index < -0.39 is 5.97 Å². The SMILES string of the molecule is COC(=O)c1cc(NCC2CCSCC2)ccn1. The smallest absolute Gasteiger partial charge is 0.356 e. The molecule has 98 valence electrons. The molecule has 0 atom stereocenters. The van der Waals surface area contributed by atoms with Gasteiger partial charge in [-0.25, -0.2) is 9.78 Å². The molecule has 1 aromatic rings. The van der Waals surface area contributed by atoms with Gasteiger partial charge in [0.25, 0.3) is 0 Å². The van der Waals surface area contributed by atoms with Crippen molar-refractivity contribution in [2.75, 3.05) is 30.5 Å². The largest absolute Gasteiger partial charge is 0.464 e. The van der Waals surface area contributed by atoms with Crippen LogP contribution in [0.3, 0.4) is 0 Å². The molecule has 2 heterocycles. The summed E-state index contributed by atoms with van der Waals surface area (Å²) >= 11 is 2.03. The highest BCUT2D eigenvalue weighted by molar-refractivity contribution is 7.99. The van der Waals surface area contributed by atoms with Crippen molar-refractivity contribution in [3.05, 3.63) is 24.0 Å². The fraction of sp³-hybridized carbons (Fsp3) is 0.538. The van der Waals surface area contributed by atoms with Crippen LogP contribution in [-0.4, -0.2) is 36.1 Å². The van der Waals surface area contributed by atoms with Gasteiger partial charge in [-0.2, -0.15) is 11.8 Å². The maximum absolute atomic E-state index is 11.4. The van der Waals surface area contributed by atoms with Crippen LogP contribution in [0, 0.1) is 5.92 Å². The van der Waals surface area contributed by atoms with Gasteiger partial charge in [0.2, 0.25) is 0 Å². The zero-order chi connectivity index (χ0) is 12.8. The summed E-state index contributed by atoms with van der Waals surface area (Å²) in [6.07, 6.45) is 4.17. The van der Waals surface area contributed by atoms with Crippen molar-refractivity contribution in [3.8, 4) is 0 Å². The number of carbonyl (C=O) groups is 1. The summed E-state index contributed by atoms with van der Waals surface area (Å²) in [5, 5.41) is 3.38. The third-order valence-corrected chi connectivity index (χ3v) is 4.14. The number of methoxy groups -OCH3 is 1. The third kappa shape index (κ3) is 3.63. The Hall–Kier alpha value is -1.23. The van der Waals surface area contributed by atoms with Gasteiger partial charge in [-0.15, -0.1) is 0 Å². The molecule has 4 nitrogen and oxygen atoms in total. The van der Waals surface area contributed by atoms with Crippen LogP contribution >= 0.6 is 11.8 Å². The molecule has 18 heavy (non-hydrogen) atoms. The Bertz CT molecular complexity index is 406. The monoisotopic (exact) mass is 266 g/mol. The molecule has 0 unspecified atom stereocenters. The Morgan fingerprint density at radius 3 is 3.06 bits per heavy atom. The van der Waals surface area contributed by atoms with Crippen LogP contribution in [0.1, 0.15) is 23.3 Å². The van der Waals surface area contributed by atoms with Gasteiger partial charge in [0.05, 0.1) is 7.11 Å². The Morgan fingerprint density at radius 2 is 2.33 bits per heavy atom. The van der Waals surface area contributed by atoms with Crippen LogP contribution in [0.2, 0.25) is 0 Å². The number of hydrogen-bond acceptors (Lipinski definition) is 5. The fourth-order valence-electron chi connectivity index (χ4n) is 1.97. The van der Waals surface area contributed by atoms with E-state index >= 15 is 0 Å². The minimum atomic E-state index is -0.396. The van der Waals surface area contributed by atoms with Crippen LogP contribution in [0.25, 0.3) is 0 Å². The molecule has 1 aliphatic heterocycles. The molecule has 0 aliphatic carbocycles. The summed E-state index contributed by atoms with van der Waals surface area (Å²) in [5.41, 5.74) is 1.28. The summed E-state index contributed by atoms with van der Waals surface area (Å²) in [4.78, 5) is 15.3. The number of carbonyl (C=O) groups excluding carboxylic acids is 1. The summed E-state index contributed by atoms with van der Waals surface area (Å²) < 4.78 is 4.65. The molecule has 0 radical (unpaired) electrons. The highest BCUT2D eigenvalue weighted by Gasteiger charge is 2.13. The number of nitrogens with zero attached hydrogens (tertiary/aromatic N) is 1. The van der Waals surface area contributed by atoms with Gasteiger partial charge in [-0.05, 0) is 42.4 Å². The Morgan fingerprint density at radius 1 is 1.56 bits per heavy atom. The van der Waals surface area contributed by atoms with Crippen molar-refractivity contribution in [2.24, 2.45) is 5.92 Å². The van der Waals surface area contributed by atoms with Gasteiger partial charge in [0, 0.05) is 18.4 Å². The van der Waals surface area contributed by atoms with E-state index in [1.807, 2.05) is 17.8 Å². The molecule has 1 saturated heterocycles. The van der Waals surface area contributed by atoms with Crippen molar-refractivity contribution < 1.29 is 9.53 Å². The van der Waals surface area contributed by atoms with Gasteiger partial charge in [-0.3, -0.25) is 0 Å². The van der Waals surface area contributed by atoms with Gasteiger partial charge in [0.15, 0.2) is 0 Å². The second-order valence-corrected chi connectivity index (χ2v) is 5.58. The molecule has 2 rings (SSSR count). The quantitative estimate of drug-likeness (QED) is 0.848. The number of nitrogens with one attached hydrogen (secondary N) is 1. The normalized spacial score (nSPS) is 16.3. The number of anilines is 1. The Kier molecular flexibility index (Phi) is 4.87. The molecule has 1 fully saturated rings. The first-order valence-electron chi connectivity index (χ1n) is 6.15. The number of rotatable bonds is 4. The topological polar surface area (TPSA) is 51.2 Å². The molecule has 1 aliphatic rings. The van der Waals surface area contributed by atoms with Crippen molar-refractivity contribution in [1.82, 2.24) is 4.98 Å². The first-order valence-corrected chi connectivity index (χ1v) is 7.31. The average molecular weight is 266 g/mol. The predicted octanol–water partition coefficient (Wildman–Crippen LogP) is 2.42. The zero-order valence-electron chi connectivity index (χ0n) is 10.5. The van der Waals surface area contributed by atoms with Crippen molar-refractivity contribution >= 4 is 23.4 Å². The molecule has 0 amide bonds. The summed E-state index contributed by atoms with van der Waals surface area (Å²) in [6, 6.07) is 3.62. The molecule has 5 heteroatoms. The standard InChI is InChI=1S/C13H18N2O2S/c1-17-13(16)12-8-11(2-5-14-12)15-9-10-3-6-18-7-4-10/h2,5,8,10H,3-4,6-7,9H2,1H3,(H,14,15). The van der Waals surface area contributed by atoms with E-state index in [2.05, 4.69) is 15.0 Å². The van der Waals surface area contributed by atoms with Crippen molar-refractivity contribution in [2.45, 2.75) is 12.8 Å². The highest BCUT2D eigenvalue weighted by atomic mass is 32.2. The third-order valence-electron chi connectivity index (χ3n) is 3.09.